The molecule has 0 aliphatic carbocycles. The van der Waals surface area contributed by atoms with Gasteiger partial charge in [-0.1, -0.05) is 35.9 Å². The van der Waals surface area contributed by atoms with Crippen molar-refractivity contribution in [2.24, 2.45) is 0 Å². The van der Waals surface area contributed by atoms with Gasteiger partial charge in [0.1, 0.15) is 0 Å². The quantitative estimate of drug-likeness (QED) is 0.502. The Morgan fingerprint density at radius 2 is 1.42 bits per heavy atom. The van der Waals surface area contributed by atoms with Crippen molar-refractivity contribution >= 4 is 23.4 Å². The average Bonchev–Trinajstić information content (AvgIpc) is 3.22. The highest BCUT2D eigenvalue weighted by molar-refractivity contribution is 6.03. The number of benzene rings is 2. The molecule has 2 fully saturated rings. The molecule has 2 aromatic carbocycles. The number of piperidine rings is 1. The van der Waals surface area contributed by atoms with Gasteiger partial charge in [0.05, 0.1) is 5.56 Å². The van der Waals surface area contributed by atoms with Gasteiger partial charge in [0, 0.05) is 42.9 Å². The number of rotatable bonds is 5. The fourth-order valence-electron chi connectivity index (χ4n) is 5.48. The van der Waals surface area contributed by atoms with Gasteiger partial charge in [0.15, 0.2) is 11.5 Å². The van der Waals surface area contributed by atoms with E-state index >= 15 is 0 Å². The van der Waals surface area contributed by atoms with E-state index in [0.29, 0.717) is 30.7 Å². The molecule has 3 aliphatic heterocycles. The van der Waals surface area contributed by atoms with Gasteiger partial charge in [-0.05, 0) is 62.8 Å². The lowest BCUT2D eigenvalue weighted by Gasteiger charge is -2.28. The van der Waals surface area contributed by atoms with Crippen molar-refractivity contribution in [2.75, 3.05) is 13.1 Å². The second-order valence-corrected chi connectivity index (χ2v) is 9.36. The van der Waals surface area contributed by atoms with Crippen LogP contribution in [0.25, 0.3) is 5.57 Å². The molecule has 7 nitrogen and oxygen atoms in total. The first-order valence-electron chi connectivity index (χ1n) is 12.6. The summed E-state index contributed by atoms with van der Waals surface area (Å²) >= 11 is 0. The zero-order valence-electron chi connectivity index (χ0n) is 20.6. The highest BCUT2D eigenvalue weighted by Gasteiger charge is 2.34. The standard InChI is InChI=1S/C29H30N2O5/c1-3-31(4-2)29(34)23-13-12-22(27-28(23)36-25(33)15-14-24(32)35-27)26(18-8-6-5-7-9-18)19-16-20-10-11-21(17-19)30-20/h5-9,12-15,20-21,30H,3-4,10-11,16-17H2,1-2H3/b15-14+,26-19?/t20-,21+. The van der Waals surface area contributed by atoms with Crippen molar-refractivity contribution in [3.8, 4) is 11.5 Å². The lowest BCUT2D eigenvalue weighted by molar-refractivity contribution is -0.133. The average molecular weight is 487 g/mol. The second-order valence-electron chi connectivity index (χ2n) is 9.36. The van der Waals surface area contributed by atoms with E-state index in [1.54, 1.807) is 11.0 Å². The third-order valence-electron chi connectivity index (χ3n) is 7.16. The van der Waals surface area contributed by atoms with Gasteiger partial charge < -0.3 is 19.7 Å². The van der Waals surface area contributed by atoms with E-state index in [0.717, 1.165) is 49.0 Å². The molecule has 0 radical (unpaired) electrons. The van der Waals surface area contributed by atoms with Crippen molar-refractivity contribution in [1.82, 2.24) is 10.2 Å². The van der Waals surface area contributed by atoms with Gasteiger partial charge >= 0.3 is 11.9 Å². The third kappa shape index (κ3) is 4.58. The molecule has 2 saturated heterocycles. The summed E-state index contributed by atoms with van der Waals surface area (Å²) in [6.07, 6.45) is 6.08. The van der Waals surface area contributed by atoms with Crippen molar-refractivity contribution in [3.63, 3.8) is 0 Å². The molecule has 1 amide bonds. The summed E-state index contributed by atoms with van der Waals surface area (Å²) < 4.78 is 11.5. The number of ether oxygens (including phenoxy) is 2. The van der Waals surface area contributed by atoms with Crippen LogP contribution >= 0.6 is 0 Å². The maximum Gasteiger partial charge on any atom is 0.336 e. The van der Waals surface area contributed by atoms with Crippen LogP contribution in [0.5, 0.6) is 11.5 Å². The molecule has 186 valence electrons. The highest BCUT2D eigenvalue weighted by atomic mass is 16.6. The molecule has 3 heterocycles. The molecule has 36 heavy (non-hydrogen) atoms. The summed E-state index contributed by atoms with van der Waals surface area (Å²) in [5.74, 6) is -1.62. The molecular weight excluding hydrogens is 456 g/mol. The van der Waals surface area contributed by atoms with Crippen LogP contribution in [0.3, 0.4) is 0 Å². The lowest BCUT2D eigenvalue weighted by atomic mass is 9.85. The minimum absolute atomic E-state index is 0.0157. The second kappa shape index (κ2) is 10.1. The molecule has 1 N–H and O–H groups in total. The SMILES string of the molecule is CCN(CC)C(=O)c1ccc(C(=C2C[C@H]3CC[C@@H](C2)N3)c2ccccc2)c2c1OC(=O)/C=C/C(=O)O2. The van der Waals surface area contributed by atoms with E-state index in [1.165, 1.54) is 5.57 Å². The number of nitrogens with one attached hydrogen (secondary N) is 1. The molecule has 2 aromatic rings. The van der Waals surface area contributed by atoms with Gasteiger partial charge in [-0.3, -0.25) is 4.79 Å². The Balaban J connectivity index is 1.75. The van der Waals surface area contributed by atoms with Crippen molar-refractivity contribution in [1.29, 1.82) is 0 Å². The van der Waals surface area contributed by atoms with Crippen LogP contribution in [0.2, 0.25) is 0 Å². The Morgan fingerprint density at radius 1 is 0.861 bits per heavy atom. The van der Waals surface area contributed by atoms with Crippen LogP contribution in [0.4, 0.5) is 0 Å². The number of hydrogen-bond acceptors (Lipinski definition) is 6. The fraction of sp³-hybridized carbons (Fsp3) is 0.345. The predicted molar refractivity (Wildman–Crippen MR) is 136 cm³/mol. The van der Waals surface area contributed by atoms with E-state index < -0.39 is 11.9 Å². The number of hydrogen-bond donors (Lipinski definition) is 1. The van der Waals surface area contributed by atoms with Gasteiger partial charge in [-0.15, -0.1) is 0 Å². The monoisotopic (exact) mass is 486 g/mol. The summed E-state index contributed by atoms with van der Waals surface area (Å²) in [6.45, 7) is 4.76. The van der Waals surface area contributed by atoms with Gasteiger partial charge in [-0.25, -0.2) is 9.59 Å². The van der Waals surface area contributed by atoms with Gasteiger partial charge in [-0.2, -0.15) is 0 Å². The highest BCUT2D eigenvalue weighted by Crippen LogP contribution is 2.45. The van der Waals surface area contributed by atoms with E-state index in [1.807, 2.05) is 50.2 Å². The normalized spacial score (nSPS) is 23.1. The number of carbonyl (C=O) groups excluding carboxylic acids is 3. The lowest BCUT2D eigenvalue weighted by Crippen LogP contribution is -2.35. The molecule has 2 atom stereocenters. The van der Waals surface area contributed by atoms with Crippen LogP contribution in [0.1, 0.15) is 61.0 Å². The predicted octanol–water partition coefficient (Wildman–Crippen LogP) is 4.27. The van der Waals surface area contributed by atoms with Crippen LogP contribution in [-0.2, 0) is 9.59 Å². The Labute approximate surface area is 210 Å². The third-order valence-corrected chi connectivity index (χ3v) is 7.16. The van der Waals surface area contributed by atoms with Crippen LogP contribution < -0.4 is 14.8 Å². The first kappa shape index (κ1) is 24.0. The van der Waals surface area contributed by atoms with E-state index in [2.05, 4.69) is 5.32 Å². The summed E-state index contributed by atoms with van der Waals surface area (Å²) in [5, 5.41) is 3.67. The minimum Gasteiger partial charge on any atom is -0.419 e. The number of esters is 2. The van der Waals surface area contributed by atoms with Gasteiger partial charge in [0.25, 0.3) is 5.91 Å². The maximum atomic E-state index is 13.4. The van der Waals surface area contributed by atoms with E-state index in [9.17, 15) is 14.4 Å². The summed E-state index contributed by atoms with van der Waals surface area (Å²) in [6, 6.07) is 14.3. The molecule has 7 heteroatoms. The van der Waals surface area contributed by atoms with E-state index in [4.69, 9.17) is 9.47 Å². The Morgan fingerprint density at radius 3 is 2.00 bits per heavy atom. The molecule has 5 rings (SSSR count). The Kier molecular flexibility index (Phi) is 6.74. The largest absolute Gasteiger partial charge is 0.419 e. The summed E-state index contributed by atoms with van der Waals surface area (Å²) in [7, 11) is 0. The first-order chi connectivity index (χ1) is 17.5. The molecule has 0 unspecified atom stereocenters. The maximum absolute atomic E-state index is 13.4. The van der Waals surface area contributed by atoms with Crippen molar-refractivity contribution in [3.05, 3.63) is 76.9 Å². The molecule has 3 aliphatic rings. The zero-order valence-corrected chi connectivity index (χ0v) is 20.6. The Bertz CT molecular complexity index is 1250. The van der Waals surface area contributed by atoms with Crippen LogP contribution in [-0.4, -0.2) is 47.9 Å². The molecular formula is C29H30N2O5. The fourth-order valence-corrected chi connectivity index (χ4v) is 5.48. The van der Waals surface area contributed by atoms with E-state index in [-0.39, 0.29) is 23.0 Å². The molecule has 2 bridgehead atoms. The molecule has 0 saturated carbocycles. The first-order valence-corrected chi connectivity index (χ1v) is 12.6. The topological polar surface area (TPSA) is 84.9 Å². The molecule has 0 spiro atoms. The Hall–Kier alpha value is -3.71. The van der Waals surface area contributed by atoms with Gasteiger partial charge in [0.2, 0.25) is 0 Å². The van der Waals surface area contributed by atoms with Crippen LogP contribution in [0, 0.1) is 0 Å². The van der Waals surface area contributed by atoms with Crippen molar-refractivity contribution < 1.29 is 23.9 Å². The number of carbonyl (C=O) groups is 3. The van der Waals surface area contributed by atoms with Crippen molar-refractivity contribution in [2.45, 2.75) is 51.6 Å². The smallest absolute Gasteiger partial charge is 0.336 e. The molecule has 0 aromatic heterocycles. The number of fused-ring (bicyclic) bond motifs is 3. The summed E-state index contributed by atoms with van der Waals surface area (Å²) in [5.41, 5.74) is 4.04. The summed E-state index contributed by atoms with van der Waals surface area (Å²) in [4.78, 5) is 40.2. The minimum atomic E-state index is -0.729. The number of amides is 1. The number of nitrogens with zero attached hydrogens (tertiary/aromatic N) is 1. The zero-order chi connectivity index (χ0) is 25.2. The van der Waals surface area contributed by atoms with Crippen LogP contribution in [0.15, 0.2) is 60.2 Å².